The Hall–Kier alpha value is -3.13. The number of rotatable bonds is 14. The molecule has 184 valence electrons. The van der Waals surface area contributed by atoms with E-state index in [1.807, 2.05) is 0 Å². The van der Waals surface area contributed by atoms with Gasteiger partial charge in [-0.25, -0.2) is 9.78 Å². The fourth-order valence-corrected chi connectivity index (χ4v) is 3.00. The molecule has 0 radical (unpaired) electrons. The highest BCUT2D eigenvalue weighted by atomic mass is 32.1. The van der Waals surface area contributed by atoms with E-state index in [0.717, 1.165) is 0 Å². The third-order valence-corrected chi connectivity index (χ3v) is 4.90. The molecule has 0 saturated carbocycles. The van der Waals surface area contributed by atoms with Crippen LogP contribution in [0, 0.1) is 5.92 Å². The predicted molar refractivity (Wildman–Crippen MR) is 121 cm³/mol. The van der Waals surface area contributed by atoms with Gasteiger partial charge in [-0.1, -0.05) is 13.8 Å². The van der Waals surface area contributed by atoms with Crippen molar-refractivity contribution in [1.82, 2.24) is 25.9 Å². The number of amides is 4. The Morgan fingerprint density at radius 1 is 1.06 bits per heavy atom. The zero-order valence-electron chi connectivity index (χ0n) is 18.4. The molecule has 1 aromatic rings. The van der Waals surface area contributed by atoms with E-state index in [0.29, 0.717) is 5.69 Å². The molecule has 0 fully saturated rings. The molecule has 0 aromatic carbocycles. The lowest BCUT2D eigenvalue weighted by Gasteiger charge is -2.25. The van der Waals surface area contributed by atoms with Gasteiger partial charge in [-0.05, 0) is 12.3 Å². The van der Waals surface area contributed by atoms with Crippen molar-refractivity contribution in [2.24, 2.45) is 17.4 Å². The smallest absolute Gasteiger partial charge is 0.326 e. The van der Waals surface area contributed by atoms with Crippen LogP contribution in [0.1, 0.15) is 32.4 Å². The Balaban J connectivity index is 2.97. The molecule has 13 nitrogen and oxygen atoms in total. The quantitative estimate of drug-likeness (QED) is 0.133. The van der Waals surface area contributed by atoms with Crippen molar-refractivity contribution in [2.75, 3.05) is 5.75 Å². The average molecular weight is 486 g/mol. The van der Waals surface area contributed by atoms with Gasteiger partial charge in [0.25, 0.3) is 0 Å². The van der Waals surface area contributed by atoms with Gasteiger partial charge < -0.3 is 37.5 Å². The molecule has 0 aliphatic heterocycles. The van der Waals surface area contributed by atoms with Gasteiger partial charge in [0.2, 0.25) is 23.6 Å². The molecule has 0 aliphatic rings. The molecular weight excluding hydrogens is 454 g/mol. The zero-order chi connectivity index (χ0) is 25.1. The molecule has 0 saturated heterocycles. The van der Waals surface area contributed by atoms with E-state index in [1.54, 1.807) is 13.8 Å². The summed E-state index contributed by atoms with van der Waals surface area (Å²) < 4.78 is 0. The molecule has 1 aromatic heterocycles. The van der Waals surface area contributed by atoms with Crippen LogP contribution >= 0.6 is 12.6 Å². The van der Waals surface area contributed by atoms with Crippen LogP contribution in [0.5, 0.6) is 0 Å². The van der Waals surface area contributed by atoms with Crippen molar-refractivity contribution in [3.05, 3.63) is 18.2 Å². The average Bonchev–Trinajstić information content (AvgIpc) is 3.23. The van der Waals surface area contributed by atoms with Gasteiger partial charge in [-0.15, -0.1) is 0 Å². The number of primary amides is 1. The van der Waals surface area contributed by atoms with Crippen LogP contribution in [0.25, 0.3) is 0 Å². The van der Waals surface area contributed by atoms with E-state index < -0.39 is 60.2 Å². The number of thiol groups is 1. The summed E-state index contributed by atoms with van der Waals surface area (Å²) in [6.45, 7) is 3.61. The number of nitrogens with one attached hydrogen (secondary N) is 4. The molecule has 0 aliphatic carbocycles. The number of aliphatic carboxylic acids is 1. The summed E-state index contributed by atoms with van der Waals surface area (Å²) in [5, 5.41) is 16.7. The number of carbonyl (C=O) groups excluding carboxylic acids is 4. The van der Waals surface area contributed by atoms with Crippen molar-refractivity contribution >= 4 is 42.2 Å². The number of carbonyl (C=O) groups is 5. The van der Waals surface area contributed by atoms with Crippen LogP contribution in [0.15, 0.2) is 12.5 Å². The van der Waals surface area contributed by atoms with Crippen LogP contribution in [0.2, 0.25) is 0 Å². The summed E-state index contributed by atoms with van der Waals surface area (Å²) in [4.78, 5) is 67.3. The first-order valence-corrected chi connectivity index (χ1v) is 10.8. The number of carboxylic acids is 1. The topological polar surface area (TPSA) is 222 Å². The monoisotopic (exact) mass is 485 g/mol. The Morgan fingerprint density at radius 3 is 2.12 bits per heavy atom. The van der Waals surface area contributed by atoms with Gasteiger partial charge in [-0.2, -0.15) is 12.6 Å². The van der Waals surface area contributed by atoms with Gasteiger partial charge in [0.15, 0.2) is 0 Å². The Bertz CT molecular complexity index is 833. The molecule has 33 heavy (non-hydrogen) atoms. The minimum atomic E-state index is -1.37. The summed E-state index contributed by atoms with van der Waals surface area (Å²) in [7, 11) is 0. The molecule has 4 unspecified atom stereocenters. The van der Waals surface area contributed by atoms with E-state index in [9.17, 15) is 29.1 Å². The van der Waals surface area contributed by atoms with Crippen molar-refractivity contribution in [1.29, 1.82) is 0 Å². The molecular formula is C19H31N7O6S. The molecule has 0 spiro atoms. The molecule has 9 N–H and O–H groups in total. The van der Waals surface area contributed by atoms with Crippen LogP contribution in [0.4, 0.5) is 0 Å². The van der Waals surface area contributed by atoms with Crippen molar-refractivity contribution in [3.63, 3.8) is 0 Å². The second-order valence-corrected chi connectivity index (χ2v) is 8.26. The third kappa shape index (κ3) is 9.91. The van der Waals surface area contributed by atoms with E-state index in [-0.39, 0.29) is 24.5 Å². The summed E-state index contributed by atoms with van der Waals surface area (Å²) in [6.07, 6.45) is 2.41. The van der Waals surface area contributed by atoms with Gasteiger partial charge in [-0.3, -0.25) is 19.2 Å². The highest BCUT2D eigenvalue weighted by Gasteiger charge is 2.31. The number of aromatic nitrogens is 2. The normalized spacial score (nSPS) is 14.6. The summed E-state index contributed by atoms with van der Waals surface area (Å²) in [5.41, 5.74) is 11.3. The fourth-order valence-electron chi connectivity index (χ4n) is 2.84. The number of imidazole rings is 1. The number of hydrogen-bond acceptors (Lipinski definition) is 8. The largest absolute Gasteiger partial charge is 0.480 e. The first kappa shape index (κ1) is 27.9. The van der Waals surface area contributed by atoms with Crippen LogP contribution in [-0.4, -0.2) is 74.6 Å². The second-order valence-electron chi connectivity index (χ2n) is 7.89. The maximum atomic E-state index is 12.9. The minimum absolute atomic E-state index is 0.00202. The lowest BCUT2D eigenvalue weighted by molar-refractivity contribution is -0.142. The SMILES string of the molecule is CC(C)CC(NC(=O)C(CC(N)=O)NC(=O)C(N)CS)C(=O)NC(Cc1cnc[nH]1)C(=O)O. The van der Waals surface area contributed by atoms with Gasteiger partial charge in [0.1, 0.15) is 18.1 Å². The molecule has 1 rings (SSSR count). The summed E-state index contributed by atoms with van der Waals surface area (Å²) in [5.74, 6) is -4.48. The first-order valence-electron chi connectivity index (χ1n) is 10.2. The molecule has 4 amide bonds. The molecule has 1 heterocycles. The summed E-state index contributed by atoms with van der Waals surface area (Å²) in [6, 6.07) is -4.81. The van der Waals surface area contributed by atoms with Gasteiger partial charge >= 0.3 is 5.97 Å². The fraction of sp³-hybridized carbons (Fsp3) is 0.579. The van der Waals surface area contributed by atoms with E-state index in [4.69, 9.17) is 11.5 Å². The molecule has 0 bridgehead atoms. The molecule has 4 atom stereocenters. The number of carboxylic acid groups (broad SMARTS) is 1. The lowest BCUT2D eigenvalue weighted by atomic mass is 10.0. The van der Waals surface area contributed by atoms with Crippen LogP contribution < -0.4 is 27.4 Å². The maximum absolute atomic E-state index is 12.9. The second kappa shape index (κ2) is 13.4. The van der Waals surface area contributed by atoms with Crippen LogP contribution in [0.3, 0.4) is 0 Å². The predicted octanol–water partition coefficient (Wildman–Crippen LogP) is -2.33. The number of nitrogens with two attached hydrogens (primary N) is 2. The highest BCUT2D eigenvalue weighted by Crippen LogP contribution is 2.08. The maximum Gasteiger partial charge on any atom is 0.326 e. The number of H-pyrrole nitrogens is 1. The Labute approximate surface area is 196 Å². The van der Waals surface area contributed by atoms with E-state index >= 15 is 0 Å². The standard InChI is InChI=1S/C19H31N7O6S/c1-9(2)3-12(17(29)26-14(19(31)32)4-10-6-22-8-23-10)25-18(30)13(5-15(21)27)24-16(28)11(20)7-33/h6,8-9,11-14,33H,3-5,7,20H2,1-2H3,(H2,21,27)(H,22,23)(H,24,28)(H,25,30)(H,26,29)(H,31,32). The number of aromatic amines is 1. The van der Waals surface area contributed by atoms with E-state index in [2.05, 4.69) is 38.5 Å². The van der Waals surface area contributed by atoms with Crippen molar-refractivity contribution < 1.29 is 29.1 Å². The zero-order valence-corrected chi connectivity index (χ0v) is 19.3. The van der Waals surface area contributed by atoms with Crippen molar-refractivity contribution in [2.45, 2.75) is 57.3 Å². The van der Waals surface area contributed by atoms with Crippen molar-refractivity contribution in [3.8, 4) is 0 Å². The number of hydrogen-bond donors (Lipinski definition) is 8. The van der Waals surface area contributed by atoms with E-state index in [1.165, 1.54) is 12.5 Å². The van der Waals surface area contributed by atoms with Crippen LogP contribution in [-0.2, 0) is 30.4 Å². The first-order chi connectivity index (χ1) is 15.4. The summed E-state index contributed by atoms with van der Waals surface area (Å²) >= 11 is 3.91. The highest BCUT2D eigenvalue weighted by molar-refractivity contribution is 7.80. The van der Waals surface area contributed by atoms with Gasteiger partial charge in [0.05, 0.1) is 18.8 Å². The van der Waals surface area contributed by atoms with Gasteiger partial charge in [0, 0.05) is 24.1 Å². The lowest BCUT2D eigenvalue weighted by Crippen LogP contribution is -2.58. The third-order valence-electron chi connectivity index (χ3n) is 4.51. The number of nitrogens with zero attached hydrogens (tertiary/aromatic N) is 1. The Kier molecular flexibility index (Phi) is 11.4. The molecule has 14 heteroatoms. The minimum Gasteiger partial charge on any atom is -0.480 e. The Morgan fingerprint density at radius 2 is 1.64 bits per heavy atom.